The number of aryl methyl sites for hydroxylation is 3. The van der Waals surface area contributed by atoms with Crippen LogP contribution in [0.4, 0.5) is 0 Å². The zero-order valence-electron chi connectivity index (χ0n) is 16.4. The van der Waals surface area contributed by atoms with Crippen molar-refractivity contribution in [3.05, 3.63) is 89.5 Å². The van der Waals surface area contributed by atoms with Crippen molar-refractivity contribution in [1.29, 1.82) is 0 Å². The molecule has 0 unspecified atom stereocenters. The molecular weight excluding hydrogens is 391 g/mol. The molecule has 0 fully saturated rings. The highest BCUT2D eigenvalue weighted by Gasteiger charge is 2.33. The number of phosphoric ester groups is 1. The van der Waals surface area contributed by atoms with E-state index in [-0.39, 0.29) is 6.47 Å². The lowest BCUT2D eigenvalue weighted by molar-refractivity contribution is -0.122. The predicted molar refractivity (Wildman–Crippen MR) is 112 cm³/mol. The molecule has 6 nitrogen and oxygen atoms in total. The van der Waals surface area contributed by atoms with Gasteiger partial charge in [-0.3, -0.25) is 4.79 Å². The van der Waals surface area contributed by atoms with Crippen LogP contribution in [-0.4, -0.2) is 11.6 Å². The van der Waals surface area contributed by atoms with Gasteiger partial charge in [-0.05, 0) is 57.2 Å². The number of benzene rings is 3. The molecule has 0 bridgehead atoms. The minimum atomic E-state index is -3.93. The standard InChI is InChI=1S/C21H21O4P.CH2O2/c1-16-4-10-19(11-5-16)23-26(22,24-20-12-6-17(2)7-13-20)25-21-14-8-18(3)9-15-21;2-1-3/h4-15H,1-3H3;1H,(H,2,3). The van der Waals surface area contributed by atoms with Gasteiger partial charge < -0.3 is 18.7 Å². The van der Waals surface area contributed by atoms with Crippen molar-refractivity contribution in [1.82, 2.24) is 0 Å². The molecule has 1 N–H and O–H groups in total. The van der Waals surface area contributed by atoms with E-state index in [9.17, 15) is 4.57 Å². The van der Waals surface area contributed by atoms with Gasteiger partial charge in [0, 0.05) is 0 Å². The van der Waals surface area contributed by atoms with Crippen LogP contribution in [0.2, 0.25) is 0 Å². The van der Waals surface area contributed by atoms with Crippen LogP contribution >= 0.6 is 7.82 Å². The third-order valence-electron chi connectivity index (χ3n) is 3.71. The van der Waals surface area contributed by atoms with E-state index in [2.05, 4.69) is 0 Å². The topological polar surface area (TPSA) is 82.1 Å². The van der Waals surface area contributed by atoms with Gasteiger partial charge in [0.05, 0.1) is 0 Å². The second kappa shape index (κ2) is 10.3. The first kappa shape index (κ1) is 22.1. The summed E-state index contributed by atoms with van der Waals surface area (Å²) in [5, 5.41) is 6.89. The number of rotatable bonds is 6. The maximum atomic E-state index is 13.3. The van der Waals surface area contributed by atoms with E-state index in [1.165, 1.54) is 0 Å². The van der Waals surface area contributed by atoms with Gasteiger partial charge in [0.2, 0.25) is 0 Å². The largest absolute Gasteiger partial charge is 0.647 e. The van der Waals surface area contributed by atoms with Crippen molar-refractivity contribution in [3.8, 4) is 17.2 Å². The fraction of sp³-hybridized carbons (Fsp3) is 0.136. The summed E-state index contributed by atoms with van der Waals surface area (Å²) in [4.78, 5) is 8.36. The average Bonchev–Trinajstić information content (AvgIpc) is 2.68. The van der Waals surface area contributed by atoms with Gasteiger partial charge in [0.1, 0.15) is 17.2 Å². The Morgan fingerprint density at radius 2 is 0.828 bits per heavy atom. The lowest BCUT2D eigenvalue weighted by atomic mass is 10.2. The zero-order chi connectivity index (χ0) is 21.3. The summed E-state index contributed by atoms with van der Waals surface area (Å²) in [6.45, 7) is 5.65. The molecular formula is C22H23O6P. The summed E-state index contributed by atoms with van der Waals surface area (Å²) in [5.74, 6) is 1.24. The minimum Gasteiger partial charge on any atom is -0.483 e. The summed E-state index contributed by atoms with van der Waals surface area (Å²) >= 11 is 0. The van der Waals surface area contributed by atoms with E-state index in [1.54, 1.807) is 36.4 Å². The molecule has 152 valence electrons. The Labute approximate surface area is 170 Å². The average molecular weight is 414 g/mol. The Bertz CT molecular complexity index is 828. The Balaban J connectivity index is 0.000000941. The second-order valence-corrected chi connectivity index (χ2v) is 7.71. The smallest absolute Gasteiger partial charge is 0.483 e. The molecule has 0 amide bonds. The Hall–Kier alpha value is -3.24. The Morgan fingerprint density at radius 1 is 0.621 bits per heavy atom. The maximum absolute atomic E-state index is 13.3. The molecule has 0 aliphatic heterocycles. The predicted octanol–water partition coefficient (Wildman–Crippen LogP) is 5.96. The first-order valence-electron chi connectivity index (χ1n) is 8.80. The van der Waals surface area contributed by atoms with Gasteiger partial charge in [0.25, 0.3) is 6.47 Å². The molecule has 0 atom stereocenters. The molecule has 3 rings (SSSR count). The van der Waals surface area contributed by atoms with Crippen LogP contribution in [0.3, 0.4) is 0 Å². The molecule has 3 aromatic rings. The van der Waals surface area contributed by atoms with Crippen LogP contribution < -0.4 is 13.6 Å². The molecule has 0 heterocycles. The Morgan fingerprint density at radius 3 is 1.03 bits per heavy atom. The van der Waals surface area contributed by atoms with Crippen molar-refractivity contribution < 1.29 is 28.0 Å². The molecule has 0 saturated carbocycles. The van der Waals surface area contributed by atoms with Crippen LogP contribution in [0.15, 0.2) is 72.8 Å². The summed E-state index contributed by atoms with van der Waals surface area (Å²) < 4.78 is 30.2. The highest BCUT2D eigenvalue weighted by Crippen LogP contribution is 2.49. The minimum absolute atomic E-state index is 0.250. The van der Waals surface area contributed by atoms with Crippen LogP contribution in [0, 0.1) is 20.8 Å². The first-order valence-corrected chi connectivity index (χ1v) is 10.3. The van der Waals surface area contributed by atoms with Crippen molar-refractivity contribution in [2.45, 2.75) is 20.8 Å². The van der Waals surface area contributed by atoms with E-state index < -0.39 is 7.82 Å². The third kappa shape index (κ3) is 7.35. The van der Waals surface area contributed by atoms with Gasteiger partial charge in [0.15, 0.2) is 0 Å². The van der Waals surface area contributed by atoms with Crippen LogP contribution in [0.25, 0.3) is 0 Å². The van der Waals surface area contributed by atoms with Crippen LogP contribution in [-0.2, 0) is 9.36 Å². The molecule has 0 aliphatic rings. The molecule has 0 radical (unpaired) electrons. The Kier molecular flexibility index (Phi) is 7.87. The van der Waals surface area contributed by atoms with E-state index in [1.807, 2.05) is 57.2 Å². The summed E-state index contributed by atoms with van der Waals surface area (Å²) in [5.41, 5.74) is 3.23. The number of hydrogen-bond acceptors (Lipinski definition) is 5. The molecule has 7 heteroatoms. The van der Waals surface area contributed by atoms with E-state index in [4.69, 9.17) is 23.5 Å². The monoisotopic (exact) mass is 414 g/mol. The summed E-state index contributed by atoms with van der Waals surface area (Å²) in [6.07, 6.45) is 0. The first-order chi connectivity index (χ1) is 13.8. The lowest BCUT2D eigenvalue weighted by Crippen LogP contribution is -2.07. The van der Waals surface area contributed by atoms with Crippen LogP contribution in [0.5, 0.6) is 17.2 Å². The van der Waals surface area contributed by atoms with Gasteiger partial charge in [-0.15, -0.1) is 0 Å². The van der Waals surface area contributed by atoms with E-state index >= 15 is 0 Å². The summed E-state index contributed by atoms with van der Waals surface area (Å²) in [7, 11) is -3.93. The SMILES string of the molecule is Cc1ccc(OP(=O)(Oc2ccc(C)cc2)Oc2ccc(C)cc2)cc1.O=CO. The lowest BCUT2D eigenvalue weighted by Gasteiger charge is -2.19. The van der Waals surface area contributed by atoms with Crippen molar-refractivity contribution >= 4 is 14.3 Å². The van der Waals surface area contributed by atoms with Gasteiger partial charge in [-0.2, -0.15) is 4.57 Å². The fourth-order valence-corrected chi connectivity index (χ4v) is 3.49. The molecule has 3 aromatic carbocycles. The number of carboxylic acid groups (broad SMARTS) is 1. The molecule has 0 aliphatic carbocycles. The second-order valence-electron chi connectivity index (χ2n) is 6.27. The third-order valence-corrected chi connectivity index (χ3v) is 5.02. The quantitative estimate of drug-likeness (QED) is 0.396. The normalized spacial score (nSPS) is 10.3. The van der Waals surface area contributed by atoms with Crippen molar-refractivity contribution in [2.24, 2.45) is 0 Å². The van der Waals surface area contributed by atoms with E-state index in [0.717, 1.165) is 16.7 Å². The molecule has 0 spiro atoms. The van der Waals surface area contributed by atoms with E-state index in [0.29, 0.717) is 17.2 Å². The number of carbonyl (C=O) groups is 1. The van der Waals surface area contributed by atoms with Gasteiger partial charge in [-0.25, -0.2) is 0 Å². The number of hydrogen-bond donors (Lipinski definition) is 1. The fourth-order valence-electron chi connectivity index (χ4n) is 2.24. The zero-order valence-corrected chi connectivity index (χ0v) is 17.3. The number of phosphoric acid groups is 1. The van der Waals surface area contributed by atoms with Gasteiger partial charge >= 0.3 is 7.82 Å². The molecule has 0 aromatic heterocycles. The van der Waals surface area contributed by atoms with Gasteiger partial charge in [-0.1, -0.05) is 53.1 Å². The highest BCUT2D eigenvalue weighted by molar-refractivity contribution is 7.49. The van der Waals surface area contributed by atoms with Crippen molar-refractivity contribution in [2.75, 3.05) is 0 Å². The molecule has 29 heavy (non-hydrogen) atoms. The van der Waals surface area contributed by atoms with Crippen LogP contribution in [0.1, 0.15) is 16.7 Å². The maximum Gasteiger partial charge on any atom is 0.647 e. The molecule has 0 saturated heterocycles. The highest BCUT2D eigenvalue weighted by atomic mass is 31.2. The van der Waals surface area contributed by atoms with Crippen molar-refractivity contribution in [3.63, 3.8) is 0 Å². The summed E-state index contributed by atoms with van der Waals surface area (Å²) in [6, 6.07) is 21.6.